The zero-order chi connectivity index (χ0) is 29.2. The molecule has 1 N–H and O–H groups in total. The molecule has 39 heavy (non-hydrogen) atoms. The third-order valence-electron chi connectivity index (χ3n) is 7.77. The lowest BCUT2D eigenvalue weighted by Gasteiger charge is -2.38. The summed E-state index contributed by atoms with van der Waals surface area (Å²) in [6.45, 7) is 19.0. The van der Waals surface area contributed by atoms with E-state index in [-0.39, 0.29) is 23.0 Å². The fourth-order valence-corrected chi connectivity index (χ4v) is 6.60. The Morgan fingerprint density at radius 1 is 1.23 bits per heavy atom. The number of carbonyl (C=O) groups is 2. The van der Waals surface area contributed by atoms with Gasteiger partial charge >= 0.3 is 0 Å². The van der Waals surface area contributed by atoms with Crippen LogP contribution < -0.4 is 5.32 Å². The Balaban J connectivity index is 1.79. The van der Waals surface area contributed by atoms with Crippen molar-refractivity contribution in [3.8, 4) is 10.4 Å². The molecule has 11 heteroatoms. The van der Waals surface area contributed by atoms with E-state index in [0.717, 1.165) is 21.7 Å². The first kappa shape index (κ1) is 30.8. The molecule has 0 bridgehead atoms. The summed E-state index contributed by atoms with van der Waals surface area (Å²) in [7, 11) is -2.14. The molecule has 3 rings (SSSR count). The molecule has 0 unspecified atom stereocenters. The summed E-state index contributed by atoms with van der Waals surface area (Å²) in [6.07, 6.45) is 0.139. The average molecular weight is 571 g/mol. The van der Waals surface area contributed by atoms with E-state index in [1.54, 1.807) is 16.2 Å². The highest BCUT2D eigenvalue weighted by atomic mass is 32.1. The summed E-state index contributed by atoms with van der Waals surface area (Å²) in [4.78, 5) is 37.1. The van der Waals surface area contributed by atoms with Crippen LogP contribution in [0.15, 0.2) is 34.9 Å². The zero-order valence-corrected chi connectivity index (χ0v) is 26.4. The maximum absolute atomic E-state index is 13.7. The normalized spacial score (nSPS) is 18.9. The van der Waals surface area contributed by atoms with E-state index in [4.69, 9.17) is 9.96 Å². The number of hydrogen-bond acceptors (Lipinski definition) is 6. The molecule has 1 aliphatic heterocycles. The predicted octanol–water partition coefficient (Wildman–Crippen LogP) is 6.45. The van der Waals surface area contributed by atoms with Gasteiger partial charge in [-0.15, -0.1) is 11.3 Å². The summed E-state index contributed by atoms with van der Waals surface area (Å²) in [6, 6.07) is 6.42. The first-order chi connectivity index (χ1) is 18.0. The molecule has 1 aromatic carbocycles. The van der Waals surface area contributed by atoms with Crippen molar-refractivity contribution in [1.82, 2.24) is 15.2 Å². The Labute approximate surface area is 237 Å². The number of amides is 2. The van der Waals surface area contributed by atoms with Crippen LogP contribution in [0.3, 0.4) is 0 Å². The fourth-order valence-electron chi connectivity index (χ4n) is 4.43. The molecule has 3 atom stereocenters. The van der Waals surface area contributed by atoms with Gasteiger partial charge in [0.2, 0.25) is 11.8 Å². The number of benzene rings is 1. The second kappa shape index (κ2) is 11.8. The van der Waals surface area contributed by atoms with Crippen LogP contribution in [0.5, 0.6) is 0 Å². The number of likely N-dealkylation sites (tertiary alicyclic amines) is 1. The van der Waals surface area contributed by atoms with Crippen LogP contribution in [-0.4, -0.2) is 54.7 Å². The van der Waals surface area contributed by atoms with Crippen molar-refractivity contribution < 1.29 is 14.0 Å². The highest BCUT2D eigenvalue weighted by Gasteiger charge is 2.47. The summed E-state index contributed by atoms with van der Waals surface area (Å²) < 4.78 is 6.63. The van der Waals surface area contributed by atoms with Gasteiger partial charge in [0.1, 0.15) is 12.1 Å². The highest BCUT2D eigenvalue weighted by Crippen LogP contribution is 2.39. The molecule has 9 nitrogen and oxygen atoms in total. The first-order valence-corrected chi connectivity index (χ1v) is 17.1. The van der Waals surface area contributed by atoms with Gasteiger partial charge in [0, 0.05) is 24.4 Å². The molecule has 1 aromatic heterocycles. The molecule has 2 heterocycles. The number of nitrogens with one attached hydrogen (secondary N) is 1. The molecule has 1 saturated heterocycles. The minimum absolute atomic E-state index is 0.00882. The quantitative estimate of drug-likeness (QED) is 0.170. The fraction of sp³-hybridized carbons (Fsp3) is 0.607. The maximum atomic E-state index is 13.7. The van der Waals surface area contributed by atoms with Gasteiger partial charge in [-0.1, -0.05) is 70.9 Å². The van der Waals surface area contributed by atoms with E-state index < -0.39 is 25.8 Å². The van der Waals surface area contributed by atoms with Crippen LogP contribution in [0.4, 0.5) is 0 Å². The van der Waals surface area contributed by atoms with E-state index in [2.05, 4.69) is 54.2 Å². The SMILES string of the molecule is Cc1ncsc1-c1ccc(CNC(=O)[C@@H]2C[C@@H](O[Si](C)(C)C(C)(C)C)CN2C(=O)[C@@H](N=[N+]=[N-])C(C)(C)C)cc1. The lowest BCUT2D eigenvalue weighted by Crippen LogP contribution is -2.51. The molecule has 0 spiro atoms. The minimum atomic E-state index is -2.14. The van der Waals surface area contributed by atoms with Crippen LogP contribution in [0, 0.1) is 12.3 Å². The van der Waals surface area contributed by atoms with Crippen molar-refractivity contribution in [3.05, 3.63) is 51.5 Å². The number of nitrogens with zero attached hydrogens (tertiary/aromatic N) is 5. The number of carbonyl (C=O) groups excluding carboxylic acids is 2. The molecule has 0 saturated carbocycles. The van der Waals surface area contributed by atoms with Crippen molar-refractivity contribution >= 4 is 31.5 Å². The molecular weight excluding hydrogens is 529 g/mol. The van der Waals surface area contributed by atoms with Crippen molar-refractivity contribution in [1.29, 1.82) is 0 Å². The topological polar surface area (TPSA) is 120 Å². The summed E-state index contributed by atoms with van der Waals surface area (Å²) in [5, 5.41) is 6.84. The molecule has 0 aliphatic carbocycles. The maximum Gasteiger partial charge on any atom is 0.243 e. The molecule has 0 radical (unpaired) electrons. The van der Waals surface area contributed by atoms with Crippen LogP contribution in [0.1, 0.15) is 59.2 Å². The second-order valence-corrected chi connectivity index (χ2v) is 18.5. The van der Waals surface area contributed by atoms with Crippen molar-refractivity contribution in [2.45, 2.75) is 97.8 Å². The average Bonchev–Trinajstić information content (AvgIpc) is 3.45. The minimum Gasteiger partial charge on any atom is -0.412 e. The predicted molar refractivity (Wildman–Crippen MR) is 159 cm³/mol. The Hall–Kier alpha value is -2.72. The van der Waals surface area contributed by atoms with Crippen LogP contribution in [0.25, 0.3) is 20.9 Å². The van der Waals surface area contributed by atoms with E-state index in [9.17, 15) is 9.59 Å². The Kier molecular flexibility index (Phi) is 9.32. The summed E-state index contributed by atoms with van der Waals surface area (Å²) in [5.41, 5.74) is 13.4. The van der Waals surface area contributed by atoms with Gasteiger partial charge < -0.3 is 14.6 Å². The van der Waals surface area contributed by atoms with Gasteiger partial charge in [-0.2, -0.15) is 0 Å². The molecular formula is C28H42N6O3SSi. The van der Waals surface area contributed by atoms with Crippen LogP contribution >= 0.6 is 11.3 Å². The number of thiazole rings is 1. The third kappa shape index (κ3) is 7.28. The Morgan fingerprint density at radius 2 is 1.87 bits per heavy atom. The van der Waals surface area contributed by atoms with Gasteiger partial charge in [0.25, 0.3) is 0 Å². The first-order valence-electron chi connectivity index (χ1n) is 13.3. The lowest BCUT2D eigenvalue weighted by molar-refractivity contribution is -0.141. The summed E-state index contributed by atoms with van der Waals surface area (Å²) >= 11 is 1.60. The van der Waals surface area contributed by atoms with E-state index >= 15 is 0 Å². The molecule has 2 aromatic rings. The Bertz CT molecular complexity index is 1230. The summed E-state index contributed by atoms with van der Waals surface area (Å²) in [5.74, 6) is -0.577. The van der Waals surface area contributed by atoms with Gasteiger partial charge in [0.05, 0.1) is 22.2 Å². The lowest BCUT2D eigenvalue weighted by atomic mass is 9.86. The number of aryl methyl sites for hydroxylation is 1. The molecule has 212 valence electrons. The number of hydrogen-bond donors (Lipinski definition) is 1. The third-order valence-corrected chi connectivity index (χ3v) is 13.3. The van der Waals surface area contributed by atoms with Gasteiger partial charge in [0.15, 0.2) is 8.32 Å². The van der Waals surface area contributed by atoms with Gasteiger partial charge in [-0.3, -0.25) is 9.59 Å². The monoisotopic (exact) mass is 570 g/mol. The van der Waals surface area contributed by atoms with E-state index in [0.29, 0.717) is 19.5 Å². The Morgan fingerprint density at radius 3 is 2.38 bits per heavy atom. The van der Waals surface area contributed by atoms with Gasteiger partial charge in [-0.25, -0.2) is 4.98 Å². The zero-order valence-electron chi connectivity index (χ0n) is 24.6. The van der Waals surface area contributed by atoms with Crippen molar-refractivity contribution in [2.24, 2.45) is 10.5 Å². The van der Waals surface area contributed by atoms with Crippen molar-refractivity contribution in [3.63, 3.8) is 0 Å². The standard InChI is InChI=1S/C28H42N6O3SSi/c1-18-23(38-17-31-18)20-12-10-19(11-13-20)15-30-25(35)22-14-21(37-39(8,9)28(5,6)7)16-34(22)26(36)24(32-33-29)27(2,3)4/h10-13,17,21-22,24H,14-16H2,1-9H3,(H,30,35)/t21-,22+,24-/m1/s1. The van der Waals surface area contributed by atoms with E-state index in [1.165, 1.54) is 0 Å². The highest BCUT2D eigenvalue weighted by molar-refractivity contribution is 7.13. The second-order valence-electron chi connectivity index (χ2n) is 12.9. The van der Waals surface area contributed by atoms with Crippen LogP contribution in [-0.2, 0) is 20.6 Å². The molecule has 1 fully saturated rings. The van der Waals surface area contributed by atoms with Crippen LogP contribution in [0.2, 0.25) is 18.1 Å². The smallest absolute Gasteiger partial charge is 0.243 e. The molecule has 2 amide bonds. The number of azide groups is 1. The number of aromatic nitrogens is 1. The number of rotatable bonds is 8. The van der Waals surface area contributed by atoms with E-state index in [1.807, 2.05) is 57.5 Å². The molecule has 1 aliphatic rings. The largest absolute Gasteiger partial charge is 0.412 e. The van der Waals surface area contributed by atoms with Crippen molar-refractivity contribution in [2.75, 3.05) is 6.54 Å². The van der Waals surface area contributed by atoms with Gasteiger partial charge in [-0.05, 0) is 47.1 Å².